The molecule has 1 aliphatic rings. The number of benzene rings is 1. The van der Waals surface area contributed by atoms with Gasteiger partial charge >= 0.3 is 0 Å². The van der Waals surface area contributed by atoms with E-state index in [2.05, 4.69) is 51.2 Å². The third-order valence-corrected chi connectivity index (χ3v) is 4.03. The van der Waals surface area contributed by atoms with Gasteiger partial charge in [0.15, 0.2) is 0 Å². The van der Waals surface area contributed by atoms with Gasteiger partial charge in [-0.3, -0.25) is 0 Å². The zero-order valence-corrected chi connectivity index (χ0v) is 11.6. The average molecular weight is 231 g/mol. The second-order valence-corrected chi connectivity index (χ2v) is 6.02. The minimum absolute atomic E-state index is 0.653. The summed E-state index contributed by atoms with van der Waals surface area (Å²) in [6.45, 7) is 9.10. The second-order valence-electron chi connectivity index (χ2n) is 6.02. The van der Waals surface area contributed by atoms with Crippen LogP contribution in [0, 0.1) is 25.7 Å². The maximum Gasteiger partial charge on any atom is 0.0347 e. The molecular weight excluding hydrogens is 206 g/mol. The lowest BCUT2D eigenvalue weighted by atomic mass is 9.80. The highest BCUT2D eigenvalue weighted by Crippen LogP contribution is 2.31. The Morgan fingerprint density at radius 2 is 1.65 bits per heavy atom. The molecule has 1 saturated carbocycles. The van der Waals surface area contributed by atoms with Crippen LogP contribution in [0.1, 0.15) is 44.2 Å². The molecule has 1 nitrogen and oxygen atoms in total. The van der Waals surface area contributed by atoms with Crippen LogP contribution in [0.15, 0.2) is 18.2 Å². The van der Waals surface area contributed by atoms with Crippen molar-refractivity contribution in [3.05, 3.63) is 29.3 Å². The van der Waals surface area contributed by atoms with E-state index < -0.39 is 0 Å². The van der Waals surface area contributed by atoms with E-state index in [0.717, 1.165) is 11.8 Å². The predicted molar refractivity (Wildman–Crippen MR) is 75.5 cm³/mol. The lowest BCUT2D eigenvalue weighted by Gasteiger charge is -2.34. The highest BCUT2D eigenvalue weighted by atomic mass is 14.9. The summed E-state index contributed by atoms with van der Waals surface area (Å²) in [7, 11) is 0. The molecule has 0 heterocycles. The van der Waals surface area contributed by atoms with E-state index in [-0.39, 0.29) is 0 Å². The van der Waals surface area contributed by atoms with Crippen LogP contribution in [-0.2, 0) is 0 Å². The fourth-order valence-electron chi connectivity index (χ4n) is 3.01. The molecule has 1 aliphatic carbocycles. The van der Waals surface area contributed by atoms with Gasteiger partial charge < -0.3 is 5.32 Å². The first-order valence-corrected chi connectivity index (χ1v) is 6.89. The number of nitrogens with one attached hydrogen (secondary N) is 1. The molecule has 3 unspecified atom stereocenters. The Balaban J connectivity index is 2.08. The molecule has 0 bridgehead atoms. The van der Waals surface area contributed by atoms with E-state index in [9.17, 15) is 0 Å². The first kappa shape index (κ1) is 12.5. The van der Waals surface area contributed by atoms with Gasteiger partial charge in [0.25, 0.3) is 0 Å². The van der Waals surface area contributed by atoms with Crippen molar-refractivity contribution in [2.45, 2.75) is 53.0 Å². The molecule has 0 aromatic heterocycles. The molecule has 17 heavy (non-hydrogen) atoms. The standard InChI is InChI=1S/C16H25N/c1-11-5-6-14(4)16(10-11)17-15-8-12(2)7-13(3)9-15/h7-9,11,14,16-17H,5-6,10H2,1-4H3. The molecular formula is C16H25N. The Morgan fingerprint density at radius 3 is 2.29 bits per heavy atom. The molecule has 0 saturated heterocycles. The monoisotopic (exact) mass is 231 g/mol. The maximum absolute atomic E-state index is 3.74. The number of hydrogen-bond donors (Lipinski definition) is 1. The molecule has 1 N–H and O–H groups in total. The topological polar surface area (TPSA) is 12.0 Å². The van der Waals surface area contributed by atoms with Gasteiger partial charge in [0.2, 0.25) is 0 Å². The van der Waals surface area contributed by atoms with Crippen molar-refractivity contribution in [3.63, 3.8) is 0 Å². The lowest BCUT2D eigenvalue weighted by Crippen LogP contribution is -2.33. The van der Waals surface area contributed by atoms with Crippen LogP contribution in [-0.4, -0.2) is 6.04 Å². The molecule has 0 amide bonds. The minimum Gasteiger partial charge on any atom is -0.382 e. The summed E-state index contributed by atoms with van der Waals surface area (Å²) in [5, 5.41) is 3.74. The minimum atomic E-state index is 0.653. The van der Waals surface area contributed by atoms with Gasteiger partial charge in [-0.05, 0) is 61.8 Å². The zero-order chi connectivity index (χ0) is 12.4. The van der Waals surface area contributed by atoms with E-state index >= 15 is 0 Å². The normalized spacial score (nSPS) is 29.1. The van der Waals surface area contributed by atoms with Crippen LogP contribution in [0.5, 0.6) is 0 Å². The van der Waals surface area contributed by atoms with E-state index in [4.69, 9.17) is 0 Å². The van der Waals surface area contributed by atoms with Crippen molar-refractivity contribution in [2.75, 3.05) is 5.32 Å². The lowest BCUT2D eigenvalue weighted by molar-refractivity contribution is 0.280. The first-order valence-electron chi connectivity index (χ1n) is 6.89. The van der Waals surface area contributed by atoms with Crippen molar-refractivity contribution in [1.82, 2.24) is 0 Å². The number of aryl methyl sites for hydroxylation is 2. The molecule has 94 valence electrons. The van der Waals surface area contributed by atoms with Crippen LogP contribution in [0.3, 0.4) is 0 Å². The van der Waals surface area contributed by atoms with Crippen molar-refractivity contribution in [2.24, 2.45) is 11.8 Å². The summed E-state index contributed by atoms with van der Waals surface area (Å²) < 4.78 is 0. The molecule has 0 spiro atoms. The van der Waals surface area contributed by atoms with Gasteiger partial charge in [0, 0.05) is 11.7 Å². The van der Waals surface area contributed by atoms with Gasteiger partial charge in [0.1, 0.15) is 0 Å². The molecule has 1 aromatic rings. The average Bonchev–Trinajstić information content (AvgIpc) is 2.22. The van der Waals surface area contributed by atoms with Gasteiger partial charge in [-0.2, -0.15) is 0 Å². The van der Waals surface area contributed by atoms with Crippen LogP contribution in [0.25, 0.3) is 0 Å². The van der Waals surface area contributed by atoms with E-state index in [0.29, 0.717) is 6.04 Å². The Hall–Kier alpha value is -0.980. The number of anilines is 1. The van der Waals surface area contributed by atoms with E-state index in [1.54, 1.807) is 0 Å². The second kappa shape index (κ2) is 5.12. The first-order chi connectivity index (χ1) is 8.04. The Labute approximate surface area is 106 Å². The van der Waals surface area contributed by atoms with Gasteiger partial charge in [0.05, 0.1) is 0 Å². The molecule has 1 heteroatoms. The molecule has 0 radical (unpaired) electrons. The van der Waals surface area contributed by atoms with Gasteiger partial charge in [-0.15, -0.1) is 0 Å². The van der Waals surface area contributed by atoms with Gasteiger partial charge in [-0.1, -0.05) is 26.3 Å². The Bertz CT molecular complexity index is 363. The molecule has 1 aromatic carbocycles. The fourth-order valence-corrected chi connectivity index (χ4v) is 3.01. The summed E-state index contributed by atoms with van der Waals surface area (Å²) in [5.41, 5.74) is 4.00. The van der Waals surface area contributed by atoms with Crippen LogP contribution >= 0.6 is 0 Å². The molecule has 0 aliphatic heterocycles. The summed E-state index contributed by atoms with van der Waals surface area (Å²) in [5.74, 6) is 1.67. The third kappa shape index (κ3) is 3.24. The SMILES string of the molecule is Cc1cc(C)cc(NC2CC(C)CCC2C)c1. The van der Waals surface area contributed by atoms with Crippen molar-refractivity contribution in [1.29, 1.82) is 0 Å². The smallest absolute Gasteiger partial charge is 0.0347 e. The summed E-state index contributed by atoms with van der Waals surface area (Å²) in [6, 6.07) is 7.41. The Kier molecular flexibility index (Phi) is 3.76. The molecule has 2 rings (SSSR count). The van der Waals surface area contributed by atoms with Crippen molar-refractivity contribution < 1.29 is 0 Å². The van der Waals surface area contributed by atoms with Crippen LogP contribution < -0.4 is 5.32 Å². The molecule has 1 fully saturated rings. The quantitative estimate of drug-likeness (QED) is 0.788. The Morgan fingerprint density at radius 1 is 1.00 bits per heavy atom. The number of rotatable bonds is 2. The largest absolute Gasteiger partial charge is 0.382 e. The van der Waals surface area contributed by atoms with E-state index in [1.165, 1.54) is 36.1 Å². The van der Waals surface area contributed by atoms with E-state index in [1.807, 2.05) is 0 Å². The zero-order valence-electron chi connectivity index (χ0n) is 11.6. The third-order valence-electron chi connectivity index (χ3n) is 4.03. The fraction of sp³-hybridized carbons (Fsp3) is 0.625. The highest BCUT2D eigenvalue weighted by Gasteiger charge is 2.25. The summed E-state index contributed by atoms with van der Waals surface area (Å²) in [6.07, 6.45) is 4.07. The highest BCUT2D eigenvalue weighted by molar-refractivity contribution is 5.49. The van der Waals surface area contributed by atoms with Gasteiger partial charge in [-0.25, -0.2) is 0 Å². The summed E-state index contributed by atoms with van der Waals surface area (Å²) >= 11 is 0. The molecule has 3 atom stereocenters. The predicted octanol–water partition coefficient (Wildman–Crippen LogP) is 4.54. The number of hydrogen-bond acceptors (Lipinski definition) is 1. The maximum atomic E-state index is 3.74. The van der Waals surface area contributed by atoms with Crippen molar-refractivity contribution in [3.8, 4) is 0 Å². The summed E-state index contributed by atoms with van der Waals surface area (Å²) in [4.78, 5) is 0. The van der Waals surface area contributed by atoms with Crippen LogP contribution in [0.4, 0.5) is 5.69 Å². The van der Waals surface area contributed by atoms with Crippen LogP contribution in [0.2, 0.25) is 0 Å². The van der Waals surface area contributed by atoms with Crippen molar-refractivity contribution >= 4 is 5.69 Å².